The van der Waals surface area contributed by atoms with E-state index >= 15 is 0 Å². The van der Waals surface area contributed by atoms with Crippen molar-refractivity contribution < 1.29 is 14.3 Å². The summed E-state index contributed by atoms with van der Waals surface area (Å²) in [4.78, 5) is 46.6. The summed E-state index contributed by atoms with van der Waals surface area (Å²) in [5, 5.41) is 4.57. The zero-order valence-corrected chi connectivity index (χ0v) is 25.9. The second-order valence-corrected chi connectivity index (χ2v) is 11.7. The molecule has 0 saturated carbocycles. The Morgan fingerprint density at radius 1 is 1.02 bits per heavy atom. The Bertz CT molecular complexity index is 1710. The van der Waals surface area contributed by atoms with Crippen LogP contribution in [0.5, 0.6) is 5.75 Å². The number of H-pyrrole nitrogens is 1. The maximum atomic E-state index is 13.2. The lowest BCUT2D eigenvalue weighted by atomic mass is 9.78. The van der Waals surface area contributed by atoms with Crippen LogP contribution >= 0.6 is 0 Å². The van der Waals surface area contributed by atoms with Gasteiger partial charge in [0.15, 0.2) is 5.52 Å². The Hall–Kier alpha value is -4.48. The van der Waals surface area contributed by atoms with Crippen molar-refractivity contribution in [1.29, 1.82) is 0 Å². The molecular weight excluding hydrogens is 560 g/mol. The third-order valence-corrected chi connectivity index (χ3v) is 8.83. The Labute approximate surface area is 256 Å². The van der Waals surface area contributed by atoms with E-state index < -0.39 is 5.97 Å². The lowest BCUT2D eigenvalue weighted by molar-refractivity contribution is 0.0525. The number of nitrogens with zero attached hydrogens (tertiary/aromatic N) is 7. The third-order valence-electron chi connectivity index (χ3n) is 8.83. The van der Waals surface area contributed by atoms with E-state index in [0.717, 1.165) is 75.2 Å². The van der Waals surface area contributed by atoms with E-state index in [0.29, 0.717) is 47.3 Å². The number of benzene rings is 1. The molecule has 1 spiro atoms. The Morgan fingerprint density at radius 2 is 1.75 bits per heavy atom. The monoisotopic (exact) mass is 600 g/mol. The van der Waals surface area contributed by atoms with Crippen molar-refractivity contribution in [2.24, 2.45) is 12.5 Å². The standard InChI is InChI=1S/C32H40N8O4/c1-5-8-24-26-27(38(4)37-24)29(41)36-28(35-26)23-17-22(9-10-25(23)43-6-2)40-16-13-32(20-40)11-14-39(15-12-32)31-33-18-21(19-34-31)30(42)44-7-3/h9-10,17-19H,5-8,11-16,20H2,1-4H3,(H,35,36,41). The molecule has 44 heavy (non-hydrogen) atoms. The van der Waals surface area contributed by atoms with Crippen LogP contribution in [0.2, 0.25) is 0 Å². The number of fused-ring (bicyclic) bond motifs is 1. The fourth-order valence-corrected chi connectivity index (χ4v) is 6.51. The highest BCUT2D eigenvalue weighted by Crippen LogP contribution is 2.43. The van der Waals surface area contributed by atoms with Gasteiger partial charge >= 0.3 is 5.97 Å². The van der Waals surface area contributed by atoms with Gasteiger partial charge < -0.3 is 24.3 Å². The molecule has 0 aliphatic carbocycles. The van der Waals surface area contributed by atoms with E-state index in [1.165, 1.54) is 0 Å². The van der Waals surface area contributed by atoms with E-state index in [-0.39, 0.29) is 11.0 Å². The summed E-state index contributed by atoms with van der Waals surface area (Å²) in [7, 11) is 1.78. The van der Waals surface area contributed by atoms with Crippen LogP contribution in [0, 0.1) is 5.41 Å². The molecule has 6 rings (SSSR count). The summed E-state index contributed by atoms with van der Waals surface area (Å²) >= 11 is 0. The first-order valence-electron chi connectivity index (χ1n) is 15.6. The van der Waals surface area contributed by atoms with Gasteiger partial charge in [-0.2, -0.15) is 5.10 Å². The van der Waals surface area contributed by atoms with E-state index in [1.807, 2.05) is 13.0 Å². The molecule has 3 aromatic heterocycles. The average molecular weight is 601 g/mol. The van der Waals surface area contributed by atoms with E-state index in [1.54, 1.807) is 31.0 Å². The fraction of sp³-hybridized carbons (Fsp3) is 0.500. The number of aryl methyl sites for hydroxylation is 2. The van der Waals surface area contributed by atoms with Gasteiger partial charge in [-0.3, -0.25) is 9.48 Å². The molecule has 2 saturated heterocycles. The molecule has 12 nitrogen and oxygen atoms in total. The van der Waals surface area contributed by atoms with Crippen LogP contribution in [-0.4, -0.2) is 75.1 Å². The molecule has 1 aromatic carbocycles. The van der Waals surface area contributed by atoms with E-state index in [4.69, 9.17) is 14.5 Å². The van der Waals surface area contributed by atoms with Crippen LogP contribution in [-0.2, 0) is 18.2 Å². The van der Waals surface area contributed by atoms with Crippen molar-refractivity contribution in [2.75, 3.05) is 49.2 Å². The summed E-state index contributed by atoms with van der Waals surface area (Å²) in [5.41, 5.74) is 4.19. The molecule has 0 bridgehead atoms. The largest absolute Gasteiger partial charge is 0.493 e. The van der Waals surface area contributed by atoms with Gasteiger partial charge in [-0.25, -0.2) is 19.7 Å². The van der Waals surface area contributed by atoms with Gasteiger partial charge in [0.25, 0.3) is 5.56 Å². The van der Waals surface area contributed by atoms with Crippen LogP contribution in [0.25, 0.3) is 22.4 Å². The number of hydrogen-bond acceptors (Lipinski definition) is 10. The summed E-state index contributed by atoms with van der Waals surface area (Å²) in [6.07, 6.45) is 7.92. The Kier molecular flexibility index (Phi) is 8.24. The van der Waals surface area contributed by atoms with Gasteiger partial charge in [0.1, 0.15) is 17.1 Å². The van der Waals surface area contributed by atoms with Gasteiger partial charge in [0, 0.05) is 51.3 Å². The lowest BCUT2D eigenvalue weighted by Gasteiger charge is -2.39. The quantitative estimate of drug-likeness (QED) is 0.280. The van der Waals surface area contributed by atoms with E-state index in [9.17, 15) is 9.59 Å². The molecule has 12 heteroatoms. The Morgan fingerprint density at radius 3 is 2.43 bits per heavy atom. The van der Waals surface area contributed by atoms with Crippen molar-refractivity contribution >= 4 is 28.6 Å². The molecule has 0 amide bonds. The number of ether oxygens (including phenoxy) is 2. The Balaban J connectivity index is 1.21. The zero-order chi connectivity index (χ0) is 30.8. The van der Waals surface area contributed by atoms with Gasteiger partial charge in [-0.05, 0) is 63.1 Å². The minimum atomic E-state index is -0.402. The van der Waals surface area contributed by atoms with Crippen molar-refractivity contribution in [1.82, 2.24) is 29.7 Å². The minimum absolute atomic E-state index is 0.205. The molecule has 0 radical (unpaired) electrons. The second kappa shape index (κ2) is 12.3. The smallest absolute Gasteiger partial charge is 0.341 e. The maximum absolute atomic E-state index is 13.2. The van der Waals surface area contributed by atoms with E-state index in [2.05, 4.69) is 48.9 Å². The molecule has 2 aliphatic heterocycles. The number of anilines is 2. The maximum Gasteiger partial charge on any atom is 0.341 e. The summed E-state index contributed by atoms with van der Waals surface area (Å²) < 4.78 is 12.7. The topological polar surface area (TPSA) is 131 Å². The predicted molar refractivity (Wildman–Crippen MR) is 168 cm³/mol. The number of nitrogens with one attached hydrogen (secondary N) is 1. The third kappa shape index (κ3) is 5.60. The SMILES string of the molecule is CCCc1nn(C)c2c(=O)[nH]c(-c3cc(N4CCC5(CCN(c6ncc(C(=O)OCC)cn6)CC5)C4)ccc3OCC)nc12. The summed E-state index contributed by atoms with van der Waals surface area (Å²) in [5.74, 6) is 1.43. The van der Waals surface area contributed by atoms with Crippen molar-refractivity contribution in [3.63, 3.8) is 0 Å². The predicted octanol–water partition coefficient (Wildman–Crippen LogP) is 4.14. The molecule has 2 aliphatic rings. The number of esters is 1. The first-order chi connectivity index (χ1) is 21.3. The lowest BCUT2D eigenvalue weighted by Crippen LogP contribution is -2.42. The van der Waals surface area contributed by atoms with Gasteiger partial charge in [0.05, 0.1) is 30.0 Å². The number of hydrogen-bond donors (Lipinski definition) is 1. The van der Waals surface area contributed by atoms with Crippen LogP contribution in [0.15, 0.2) is 35.4 Å². The van der Waals surface area contributed by atoms with Crippen LogP contribution in [0.3, 0.4) is 0 Å². The van der Waals surface area contributed by atoms with Gasteiger partial charge in [0.2, 0.25) is 5.95 Å². The first-order valence-corrected chi connectivity index (χ1v) is 15.6. The van der Waals surface area contributed by atoms with Crippen molar-refractivity contribution in [2.45, 2.75) is 52.9 Å². The summed E-state index contributed by atoms with van der Waals surface area (Å²) in [6, 6.07) is 6.18. The van der Waals surface area contributed by atoms with Crippen LogP contribution < -0.4 is 20.1 Å². The highest BCUT2D eigenvalue weighted by atomic mass is 16.5. The number of aromatic amines is 1. The normalized spacial score (nSPS) is 16.2. The van der Waals surface area contributed by atoms with Crippen LogP contribution in [0.4, 0.5) is 11.6 Å². The number of carbonyl (C=O) groups excluding carboxylic acids is 1. The molecule has 2 fully saturated rings. The first kappa shape index (κ1) is 29.6. The highest BCUT2D eigenvalue weighted by Gasteiger charge is 2.41. The number of piperidine rings is 1. The molecule has 4 aromatic rings. The summed E-state index contributed by atoms with van der Waals surface area (Å²) in [6.45, 7) is 10.3. The van der Waals surface area contributed by atoms with Crippen molar-refractivity contribution in [3.05, 3.63) is 52.2 Å². The molecule has 0 unspecified atom stereocenters. The fourth-order valence-electron chi connectivity index (χ4n) is 6.51. The molecular formula is C32H40N8O4. The second-order valence-electron chi connectivity index (χ2n) is 11.7. The molecule has 0 atom stereocenters. The number of aromatic nitrogens is 6. The number of rotatable bonds is 9. The molecule has 1 N–H and O–H groups in total. The van der Waals surface area contributed by atoms with Gasteiger partial charge in [-0.15, -0.1) is 0 Å². The van der Waals surface area contributed by atoms with Crippen molar-refractivity contribution in [3.8, 4) is 17.1 Å². The highest BCUT2D eigenvalue weighted by molar-refractivity contribution is 5.88. The zero-order valence-electron chi connectivity index (χ0n) is 25.9. The molecule has 5 heterocycles. The average Bonchev–Trinajstić information content (AvgIpc) is 3.59. The van der Waals surface area contributed by atoms with Crippen LogP contribution in [0.1, 0.15) is 62.5 Å². The number of carbonyl (C=O) groups is 1. The molecule has 232 valence electrons. The minimum Gasteiger partial charge on any atom is -0.493 e. The van der Waals surface area contributed by atoms with Gasteiger partial charge in [-0.1, -0.05) is 13.3 Å².